The second-order valence-corrected chi connectivity index (χ2v) is 7.31. The molecule has 1 aliphatic rings. The van der Waals surface area contributed by atoms with Gasteiger partial charge in [0.05, 0.1) is 12.8 Å². The lowest BCUT2D eigenvalue weighted by Gasteiger charge is -2.25. The summed E-state index contributed by atoms with van der Waals surface area (Å²) in [5, 5.41) is 3.25. The Morgan fingerprint density at radius 3 is 2.54 bits per heavy atom. The molecule has 0 aliphatic carbocycles. The van der Waals surface area contributed by atoms with E-state index in [0.717, 1.165) is 48.1 Å². The minimum absolute atomic E-state index is 0.875. The van der Waals surface area contributed by atoms with E-state index in [1.165, 1.54) is 11.1 Å². The number of rotatable bonds is 5. The van der Waals surface area contributed by atoms with Gasteiger partial charge in [-0.25, -0.2) is 4.98 Å². The molecule has 4 rings (SSSR count). The van der Waals surface area contributed by atoms with Crippen LogP contribution in [-0.2, 0) is 6.54 Å². The van der Waals surface area contributed by atoms with E-state index < -0.39 is 0 Å². The Hall–Kier alpha value is -2.43. The predicted octanol–water partition coefficient (Wildman–Crippen LogP) is 5.11. The zero-order valence-electron chi connectivity index (χ0n) is 14.9. The number of hydrogen-bond acceptors (Lipinski definition) is 4. The molecule has 132 valence electrons. The van der Waals surface area contributed by atoms with Crippen molar-refractivity contribution in [1.29, 1.82) is 0 Å². The van der Waals surface area contributed by atoms with Gasteiger partial charge >= 0.3 is 0 Å². The molecule has 4 heteroatoms. The molecular formula is C22H22N2OS. The Morgan fingerprint density at radius 2 is 1.85 bits per heavy atom. The van der Waals surface area contributed by atoms with Crippen LogP contribution < -0.4 is 4.74 Å². The summed E-state index contributed by atoms with van der Waals surface area (Å²) in [6.45, 7) is 2.97. The summed E-state index contributed by atoms with van der Waals surface area (Å²) < 4.78 is 5.22. The van der Waals surface area contributed by atoms with Crippen molar-refractivity contribution in [3.63, 3.8) is 0 Å². The molecule has 0 saturated heterocycles. The van der Waals surface area contributed by atoms with E-state index in [4.69, 9.17) is 9.72 Å². The molecule has 0 radical (unpaired) electrons. The highest BCUT2D eigenvalue weighted by Crippen LogP contribution is 2.27. The van der Waals surface area contributed by atoms with Gasteiger partial charge in [0.1, 0.15) is 10.8 Å². The third kappa shape index (κ3) is 3.87. The Bertz CT molecular complexity index is 884. The first kappa shape index (κ1) is 17.0. The lowest BCUT2D eigenvalue weighted by Crippen LogP contribution is -2.28. The minimum Gasteiger partial charge on any atom is -0.497 e. The van der Waals surface area contributed by atoms with E-state index in [1.54, 1.807) is 18.4 Å². The summed E-state index contributed by atoms with van der Waals surface area (Å²) in [6, 6.07) is 18.8. The fourth-order valence-electron chi connectivity index (χ4n) is 3.24. The average Bonchev–Trinajstić information content (AvgIpc) is 3.18. The maximum Gasteiger partial charge on any atom is 0.123 e. The van der Waals surface area contributed by atoms with Crippen molar-refractivity contribution in [2.45, 2.75) is 13.0 Å². The summed E-state index contributed by atoms with van der Waals surface area (Å²) in [4.78, 5) is 7.28. The van der Waals surface area contributed by atoms with Crippen molar-refractivity contribution >= 4 is 16.9 Å². The van der Waals surface area contributed by atoms with E-state index in [-0.39, 0.29) is 0 Å². The molecule has 2 aromatic carbocycles. The molecule has 26 heavy (non-hydrogen) atoms. The molecule has 0 fully saturated rings. The van der Waals surface area contributed by atoms with Crippen LogP contribution in [0.25, 0.3) is 16.1 Å². The Kier molecular flexibility index (Phi) is 5.14. The first-order chi connectivity index (χ1) is 12.8. The fraction of sp³-hybridized carbons (Fsp3) is 0.227. The van der Waals surface area contributed by atoms with Crippen LogP contribution in [0.15, 0.2) is 66.1 Å². The first-order valence-electron chi connectivity index (χ1n) is 8.87. The fourth-order valence-corrected chi connectivity index (χ4v) is 4.06. The standard InChI is InChI=1S/C22H22N2OS/c1-25-21-9-7-19(8-10-21)22-23-20(16-26-22)15-24-13-11-18(12-14-24)17-5-3-2-4-6-17/h2-11,16H,12-15H2,1H3. The average molecular weight is 362 g/mol. The number of benzene rings is 2. The minimum atomic E-state index is 0.875. The molecule has 2 heterocycles. The number of nitrogens with zero attached hydrogens (tertiary/aromatic N) is 2. The summed E-state index contributed by atoms with van der Waals surface area (Å²) in [7, 11) is 1.69. The molecule has 3 nitrogen and oxygen atoms in total. The van der Waals surface area contributed by atoms with Crippen LogP contribution >= 0.6 is 11.3 Å². The van der Waals surface area contributed by atoms with E-state index in [1.807, 2.05) is 12.1 Å². The van der Waals surface area contributed by atoms with Gasteiger partial charge in [0.25, 0.3) is 0 Å². The third-order valence-electron chi connectivity index (χ3n) is 4.71. The molecule has 0 amide bonds. The van der Waals surface area contributed by atoms with Crippen molar-refractivity contribution in [3.8, 4) is 16.3 Å². The summed E-state index contributed by atoms with van der Waals surface area (Å²) in [6.07, 6.45) is 3.45. The number of hydrogen-bond donors (Lipinski definition) is 0. The van der Waals surface area contributed by atoms with Crippen LogP contribution in [0.5, 0.6) is 5.75 Å². The van der Waals surface area contributed by atoms with Crippen molar-refractivity contribution in [2.75, 3.05) is 20.2 Å². The van der Waals surface area contributed by atoms with Crippen molar-refractivity contribution in [2.24, 2.45) is 0 Å². The zero-order valence-corrected chi connectivity index (χ0v) is 15.7. The van der Waals surface area contributed by atoms with Crippen LogP contribution in [0.2, 0.25) is 0 Å². The molecule has 0 unspecified atom stereocenters. The van der Waals surface area contributed by atoms with Crippen LogP contribution in [0, 0.1) is 0 Å². The third-order valence-corrected chi connectivity index (χ3v) is 5.65. The smallest absolute Gasteiger partial charge is 0.123 e. The van der Waals surface area contributed by atoms with Gasteiger partial charge in [-0.15, -0.1) is 11.3 Å². The largest absolute Gasteiger partial charge is 0.497 e. The zero-order chi connectivity index (χ0) is 17.8. The second-order valence-electron chi connectivity index (χ2n) is 6.45. The lowest BCUT2D eigenvalue weighted by atomic mass is 9.99. The van der Waals surface area contributed by atoms with E-state index in [9.17, 15) is 0 Å². The van der Waals surface area contributed by atoms with Crippen LogP contribution in [0.1, 0.15) is 17.7 Å². The normalized spacial score (nSPS) is 14.9. The SMILES string of the molecule is COc1ccc(-c2nc(CN3CC=C(c4ccccc4)CC3)cs2)cc1. The molecule has 0 bridgehead atoms. The van der Waals surface area contributed by atoms with Gasteiger partial charge < -0.3 is 4.74 Å². The number of ether oxygens (including phenoxy) is 1. The van der Waals surface area contributed by atoms with Gasteiger partial charge in [-0.1, -0.05) is 36.4 Å². The molecule has 1 aliphatic heterocycles. The number of thiazole rings is 1. The van der Waals surface area contributed by atoms with Gasteiger partial charge in [-0.2, -0.15) is 0 Å². The van der Waals surface area contributed by atoms with Gasteiger partial charge in [0.15, 0.2) is 0 Å². The first-order valence-corrected chi connectivity index (χ1v) is 9.75. The quantitative estimate of drug-likeness (QED) is 0.631. The predicted molar refractivity (Wildman–Crippen MR) is 108 cm³/mol. The maximum absolute atomic E-state index is 5.22. The summed E-state index contributed by atoms with van der Waals surface area (Å²) in [5.41, 5.74) is 5.10. The highest BCUT2D eigenvalue weighted by Gasteiger charge is 2.15. The highest BCUT2D eigenvalue weighted by molar-refractivity contribution is 7.13. The van der Waals surface area contributed by atoms with E-state index in [2.05, 4.69) is 58.8 Å². The van der Waals surface area contributed by atoms with Gasteiger partial charge in [0.2, 0.25) is 0 Å². The topological polar surface area (TPSA) is 25.4 Å². The summed E-state index contributed by atoms with van der Waals surface area (Å²) >= 11 is 1.71. The van der Waals surface area contributed by atoms with E-state index in [0.29, 0.717) is 0 Å². The van der Waals surface area contributed by atoms with E-state index >= 15 is 0 Å². The lowest BCUT2D eigenvalue weighted by molar-refractivity contribution is 0.291. The Morgan fingerprint density at radius 1 is 1.04 bits per heavy atom. The van der Waals surface area contributed by atoms with Crippen molar-refractivity contribution in [1.82, 2.24) is 9.88 Å². The second kappa shape index (κ2) is 7.85. The Balaban J connectivity index is 1.39. The van der Waals surface area contributed by atoms with Crippen LogP contribution in [0.3, 0.4) is 0 Å². The van der Waals surface area contributed by atoms with Crippen molar-refractivity contribution < 1.29 is 4.74 Å². The monoisotopic (exact) mass is 362 g/mol. The van der Waals surface area contributed by atoms with Gasteiger partial charge in [-0.05, 0) is 41.8 Å². The summed E-state index contributed by atoms with van der Waals surface area (Å²) in [5.74, 6) is 0.875. The molecule has 0 N–H and O–H groups in total. The van der Waals surface area contributed by atoms with Crippen LogP contribution in [-0.4, -0.2) is 30.1 Å². The maximum atomic E-state index is 5.22. The molecule has 3 aromatic rings. The van der Waals surface area contributed by atoms with Gasteiger partial charge in [0, 0.05) is 30.6 Å². The number of methoxy groups -OCH3 is 1. The van der Waals surface area contributed by atoms with Gasteiger partial charge in [-0.3, -0.25) is 4.90 Å². The molecule has 0 saturated carbocycles. The van der Waals surface area contributed by atoms with Crippen molar-refractivity contribution in [3.05, 3.63) is 77.3 Å². The molecule has 0 atom stereocenters. The molecule has 0 spiro atoms. The molecule has 1 aromatic heterocycles. The van der Waals surface area contributed by atoms with Crippen LogP contribution in [0.4, 0.5) is 0 Å². The molecular weight excluding hydrogens is 340 g/mol. The Labute approximate surface area is 158 Å². The highest BCUT2D eigenvalue weighted by atomic mass is 32.1. The number of aromatic nitrogens is 1.